The van der Waals surface area contributed by atoms with Gasteiger partial charge in [0, 0.05) is 7.05 Å². The number of alkyl halides is 3. The van der Waals surface area contributed by atoms with E-state index in [0.717, 1.165) is 10.6 Å². The van der Waals surface area contributed by atoms with Crippen molar-refractivity contribution >= 4 is 11.6 Å². The number of fused-ring (bicyclic) bond motifs is 5. The molecule has 3 N–H and O–H groups in total. The molecule has 1 aromatic carbocycles. The summed E-state index contributed by atoms with van der Waals surface area (Å²) in [6.45, 7) is 10.2. The first-order valence-electron chi connectivity index (χ1n) is 9.07. The topological polar surface area (TPSA) is 88.1 Å². The molecule has 2 bridgehead atoms. The minimum Gasteiger partial charge on any atom is -0.494 e. The molecule has 1 aromatic heterocycles. The van der Waals surface area contributed by atoms with E-state index in [4.69, 9.17) is 11.3 Å². The second-order valence-corrected chi connectivity index (χ2v) is 7.85. The van der Waals surface area contributed by atoms with Crippen LogP contribution < -0.4 is 5.32 Å². The van der Waals surface area contributed by atoms with E-state index in [2.05, 4.69) is 10.2 Å². The van der Waals surface area contributed by atoms with E-state index >= 15 is 0 Å². The van der Waals surface area contributed by atoms with Crippen LogP contribution in [0.15, 0.2) is 18.2 Å². The van der Waals surface area contributed by atoms with Crippen molar-refractivity contribution in [2.75, 3.05) is 7.05 Å². The molecule has 0 aliphatic carbocycles. The molecule has 10 heteroatoms. The summed E-state index contributed by atoms with van der Waals surface area (Å²) in [5.74, 6) is -1.94. The summed E-state index contributed by atoms with van der Waals surface area (Å²) in [5, 5.41) is 24.3. The maximum atomic E-state index is 13.4. The van der Waals surface area contributed by atoms with Gasteiger partial charge in [-0.15, -0.1) is 0 Å². The maximum Gasteiger partial charge on any atom is 0.407 e. The molecule has 0 radical (unpaired) electrons. The zero-order chi connectivity index (χ0) is 22.2. The van der Waals surface area contributed by atoms with Gasteiger partial charge < -0.3 is 20.3 Å². The number of rotatable bonds is 2. The van der Waals surface area contributed by atoms with Gasteiger partial charge in [0.25, 0.3) is 0 Å². The van der Waals surface area contributed by atoms with Crippen LogP contribution in [0.4, 0.5) is 18.9 Å². The molecule has 0 spiro atoms. The van der Waals surface area contributed by atoms with E-state index in [1.807, 2.05) is 0 Å². The molecule has 1 saturated heterocycles. The Kier molecular flexibility index (Phi) is 3.96. The molecule has 30 heavy (non-hydrogen) atoms. The van der Waals surface area contributed by atoms with Gasteiger partial charge >= 0.3 is 6.18 Å². The summed E-state index contributed by atoms with van der Waals surface area (Å²) in [6, 6.07) is 2.89. The van der Waals surface area contributed by atoms with E-state index in [0.29, 0.717) is 6.07 Å². The fourth-order valence-corrected chi connectivity index (χ4v) is 4.81. The number of hydrogen-bond acceptors (Lipinski definition) is 4. The summed E-state index contributed by atoms with van der Waals surface area (Å²) in [5.41, 5.74) is -3.88. The van der Waals surface area contributed by atoms with Crippen LogP contribution in [0, 0.1) is 12.5 Å². The fraction of sp³-hybridized carbons (Fsp3) is 0.400. The largest absolute Gasteiger partial charge is 0.494 e. The van der Waals surface area contributed by atoms with Gasteiger partial charge in [-0.3, -0.25) is 9.36 Å². The number of carbonyl (C=O) groups excluding carboxylic acids is 1. The van der Waals surface area contributed by atoms with E-state index in [1.165, 1.54) is 13.1 Å². The predicted molar refractivity (Wildman–Crippen MR) is 98.3 cm³/mol. The van der Waals surface area contributed by atoms with Crippen molar-refractivity contribution in [2.24, 2.45) is 5.92 Å². The van der Waals surface area contributed by atoms with Crippen molar-refractivity contribution in [1.29, 1.82) is 0 Å². The third kappa shape index (κ3) is 2.38. The van der Waals surface area contributed by atoms with Gasteiger partial charge in [-0.1, -0.05) is 6.07 Å². The summed E-state index contributed by atoms with van der Waals surface area (Å²) in [6.07, 6.45) is -4.56. The monoisotopic (exact) mass is 421 g/mol. The lowest BCUT2D eigenvalue weighted by molar-refractivity contribution is -0.137. The molecular weight excluding hydrogens is 403 g/mol. The Hall–Kier alpha value is -3.19. The molecule has 4 rings (SSSR count). The Labute approximate surface area is 169 Å². The van der Waals surface area contributed by atoms with E-state index in [1.54, 1.807) is 13.8 Å². The van der Waals surface area contributed by atoms with E-state index in [-0.39, 0.29) is 29.1 Å². The highest BCUT2D eigenvalue weighted by atomic mass is 19.4. The number of benzene rings is 1. The highest BCUT2D eigenvalue weighted by Crippen LogP contribution is 2.66. The summed E-state index contributed by atoms with van der Waals surface area (Å²) < 4.78 is 47.1. The second kappa shape index (κ2) is 5.92. The Morgan fingerprint density at radius 1 is 1.30 bits per heavy atom. The highest BCUT2D eigenvalue weighted by Gasteiger charge is 2.66. The number of carbonyl (C=O) groups is 1. The number of amides is 1. The van der Waals surface area contributed by atoms with Crippen LogP contribution in [0.2, 0.25) is 0 Å². The zero-order valence-corrected chi connectivity index (χ0v) is 16.3. The Balaban J connectivity index is 1.95. The fourth-order valence-electron chi connectivity index (χ4n) is 4.81. The van der Waals surface area contributed by atoms with E-state index < -0.39 is 46.3 Å². The molecule has 1 fully saturated rings. The molecule has 1 amide bonds. The molecule has 2 aliphatic heterocycles. The molecule has 2 unspecified atom stereocenters. The first kappa shape index (κ1) is 20.1. The molecule has 158 valence electrons. The van der Waals surface area contributed by atoms with Crippen LogP contribution in [-0.2, 0) is 26.9 Å². The smallest absolute Gasteiger partial charge is 0.407 e. The number of aromatic hydroxyl groups is 2. The van der Waals surface area contributed by atoms with Gasteiger partial charge in [0.2, 0.25) is 17.7 Å². The molecule has 2 aliphatic rings. The van der Waals surface area contributed by atoms with Crippen molar-refractivity contribution in [3.05, 3.63) is 46.3 Å². The molecule has 2 aromatic rings. The van der Waals surface area contributed by atoms with Gasteiger partial charge in [-0.05, 0) is 32.4 Å². The number of hydrogen-bond donors (Lipinski definition) is 3. The second-order valence-electron chi connectivity index (χ2n) is 7.85. The van der Waals surface area contributed by atoms with Gasteiger partial charge in [-0.2, -0.15) is 13.2 Å². The summed E-state index contributed by atoms with van der Waals surface area (Å²) in [7, 11) is 1.47. The quantitative estimate of drug-likeness (QED) is 0.646. The van der Waals surface area contributed by atoms with Crippen LogP contribution in [0.1, 0.15) is 37.0 Å². The summed E-state index contributed by atoms with van der Waals surface area (Å²) in [4.78, 5) is 15.3. The molecule has 3 atom stereocenters. The normalized spacial score (nSPS) is 27.0. The zero-order valence-electron chi connectivity index (χ0n) is 16.3. The number of aromatic nitrogens is 1. The third-order valence-corrected chi connectivity index (χ3v) is 6.07. The predicted octanol–water partition coefficient (Wildman–Crippen LogP) is 3.68. The van der Waals surface area contributed by atoms with Crippen LogP contribution >= 0.6 is 0 Å². The molecular formula is C20H18F3N3O4. The average molecular weight is 421 g/mol. The Bertz CT molecular complexity index is 1130. The average Bonchev–Trinajstić information content (AvgIpc) is 3.21. The Morgan fingerprint density at radius 3 is 2.50 bits per heavy atom. The van der Waals surface area contributed by atoms with Crippen molar-refractivity contribution < 1.29 is 32.9 Å². The SMILES string of the molecule is [C-]#[N+]c1ccc(-n2c(O)c3c(c2O)C2(C)OC3(C)C[C@H]2C(=O)NC)cc1C(F)(F)F. The third-order valence-electron chi connectivity index (χ3n) is 6.07. The van der Waals surface area contributed by atoms with Crippen molar-refractivity contribution in [3.8, 4) is 17.4 Å². The van der Waals surface area contributed by atoms with Gasteiger partial charge in [0.05, 0.1) is 40.5 Å². The standard InChI is InChI=1S/C20H18F3N3O4/c1-18-8-11(15(27)25-4)19(2,30-18)14-13(18)16(28)26(17(14)29)9-5-6-12(24-3)10(7-9)20(21,22)23/h5-7,11,28-29H,8H2,1-2,4H3,(H,25,27)/t11-,18?,19?/m0/s1. The lowest BCUT2D eigenvalue weighted by Gasteiger charge is -2.28. The number of nitrogens with one attached hydrogen (secondary N) is 1. The summed E-state index contributed by atoms with van der Waals surface area (Å²) >= 11 is 0. The lowest BCUT2D eigenvalue weighted by atomic mass is 9.72. The van der Waals surface area contributed by atoms with Crippen LogP contribution in [0.5, 0.6) is 11.8 Å². The van der Waals surface area contributed by atoms with Crippen LogP contribution in [-0.4, -0.2) is 27.7 Å². The van der Waals surface area contributed by atoms with Gasteiger partial charge in [-0.25, -0.2) is 4.85 Å². The first-order valence-corrected chi connectivity index (χ1v) is 9.07. The van der Waals surface area contributed by atoms with Crippen molar-refractivity contribution in [2.45, 2.75) is 37.6 Å². The molecule has 3 heterocycles. The Morgan fingerprint density at radius 2 is 1.93 bits per heavy atom. The minimum atomic E-state index is -4.79. The minimum absolute atomic E-state index is 0.165. The number of ether oxygens (including phenoxy) is 1. The van der Waals surface area contributed by atoms with E-state index in [9.17, 15) is 28.2 Å². The van der Waals surface area contributed by atoms with Crippen molar-refractivity contribution in [1.82, 2.24) is 9.88 Å². The molecule has 7 nitrogen and oxygen atoms in total. The number of halogens is 3. The van der Waals surface area contributed by atoms with Crippen LogP contribution in [0.3, 0.4) is 0 Å². The maximum absolute atomic E-state index is 13.4. The highest BCUT2D eigenvalue weighted by molar-refractivity contribution is 5.82. The molecule has 0 saturated carbocycles. The number of nitrogens with zero attached hydrogens (tertiary/aromatic N) is 2. The van der Waals surface area contributed by atoms with Gasteiger partial charge in [0.1, 0.15) is 5.60 Å². The lowest BCUT2D eigenvalue weighted by Crippen LogP contribution is -2.39. The first-order chi connectivity index (χ1) is 13.9. The van der Waals surface area contributed by atoms with Crippen LogP contribution in [0.25, 0.3) is 10.5 Å². The van der Waals surface area contributed by atoms with Gasteiger partial charge in [0.15, 0.2) is 5.69 Å². The van der Waals surface area contributed by atoms with Crippen molar-refractivity contribution in [3.63, 3.8) is 0 Å².